The van der Waals surface area contributed by atoms with Gasteiger partial charge in [-0.1, -0.05) is 39.8 Å². The van der Waals surface area contributed by atoms with Gasteiger partial charge >= 0.3 is 0 Å². The molecule has 0 aliphatic heterocycles. The Morgan fingerprint density at radius 1 is 1.38 bits per heavy atom. The minimum atomic E-state index is -0.0884. The van der Waals surface area contributed by atoms with Crippen LogP contribution in [0.1, 0.15) is 11.1 Å². The number of thioether (sulfide) groups is 1. The third-order valence-corrected chi connectivity index (χ3v) is 4.11. The van der Waals surface area contributed by atoms with Crippen molar-refractivity contribution in [2.75, 3.05) is 5.75 Å². The van der Waals surface area contributed by atoms with Crippen LogP contribution in [0.2, 0.25) is 0 Å². The molecule has 0 radical (unpaired) electrons. The molecule has 1 aromatic carbocycles. The Labute approximate surface area is 135 Å². The minimum absolute atomic E-state index is 0.0884. The van der Waals surface area contributed by atoms with Crippen LogP contribution in [0.25, 0.3) is 0 Å². The van der Waals surface area contributed by atoms with Crippen LogP contribution in [0.4, 0.5) is 0 Å². The number of carbonyl (C=O) groups is 1. The number of hydrogen-bond donors (Lipinski definition) is 1. The number of aromatic nitrogens is 1. The molecule has 21 heavy (non-hydrogen) atoms. The number of halogens is 1. The highest BCUT2D eigenvalue weighted by Gasteiger charge is 2.07. The topological polar surface area (TPSA) is 65.8 Å². The van der Waals surface area contributed by atoms with Crippen LogP contribution < -0.4 is 5.32 Å². The summed E-state index contributed by atoms with van der Waals surface area (Å²) in [6.07, 6.45) is 1.61. The summed E-state index contributed by atoms with van der Waals surface area (Å²) in [5.74, 6) is 0.147. The van der Waals surface area contributed by atoms with Crippen molar-refractivity contribution < 1.29 is 4.79 Å². The van der Waals surface area contributed by atoms with Crippen molar-refractivity contribution in [1.29, 1.82) is 5.26 Å². The second-order valence-corrected chi connectivity index (χ2v) is 6.04. The van der Waals surface area contributed by atoms with Gasteiger partial charge in [-0.3, -0.25) is 4.79 Å². The predicted octanol–water partition coefficient (Wildman–Crippen LogP) is 3.12. The van der Waals surface area contributed by atoms with Crippen LogP contribution in [-0.4, -0.2) is 16.6 Å². The van der Waals surface area contributed by atoms with E-state index in [0.29, 0.717) is 17.1 Å². The van der Waals surface area contributed by atoms with E-state index in [4.69, 9.17) is 5.26 Å². The van der Waals surface area contributed by atoms with Gasteiger partial charge < -0.3 is 5.32 Å². The fourth-order valence-electron chi connectivity index (χ4n) is 1.62. The molecule has 0 spiro atoms. The van der Waals surface area contributed by atoms with E-state index in [1.807, 2.05) is 24.3 Å². The van der Waals surface area contributed by atoms with Crippen LogP contribution in [0.3, 0.4) is 0 Å². The van der Waals surface area contributed by atoms with Crippen LogP contribution in [0.5, 0.6) is 0 Å². The zero-order valence-corrected chi connectivity index (χ0v) is 13.4. The summed E-state index contributed by atoms with van der Waals surface area (Å²) in [5.41, 5.74) is 1.51. The Kier molecular flexibility index (Phi) is 5.78. The van der Waals surface area contributed by atoms with Crippen molar-refractivity contribution in [3.8, 4) is 6.07 Å². The van der Waals surface area contributed by atoms with Gasteiger partial charge in [-0.05, 0) is 29.8 Å². The molecule has 1 amide bonds. The molecule has 0 aliphatic carbocycles. The molecule has 1 N–H and O–H groups in total. The average molecular weight is 362 g/mol. The lowest BCUT2D eigenvalue weighted by atomic mass is 10.2. The first-order valence-corrected chi connectivity index (χ1v) is 7.96. The molecule has 6 heteroatoms. The van der Waals surface area contributed by atoms with Gasteiger partial charge in [-0.25, -0.2) is 4.98 Å². The molecule has 0 unspecified atom stereocenters. The fourth-order valence-corrected chi connectivity index (χ4v) is 2.84. The molecule has 0 bridgehead atoms. The maximum Gasteiger partial charge on any atom is 0.230 e. The van der Waals surface area contributed by atoms with Gasteiger partial charge in [0, 0.05) is 17.2 Å². The van der Waals surface area contributed by atoms with Crippen LogP contribution in [0.15, 0.2) is 52.1 Å². The molecule has 0 aliphatic rings. The van der Waals surface area contributed by atoms with Gasteiger partial charge in [0.1, 0.15) is 11.1 Å². The quantitative estimate of drug-likeness (QED) is 0.830. The van der Waals surface area contributed by atoms with E-state index in [1.165, 1.54) is 11.8 Å². The number of hydrogen-bond acceptors (Lipinski definition) is 4. The fraction of sp³-hybridized carbons (Fsp3) is 0.133. The molecule has 2 aromatic rings. The second-order valence-electron chi connectivity index (χ2n) is 4.16. The number of carbonyl (C=O) groups excluding carboxylic acids is 1. The van der Waals surface area contributed by atoms with Crippen LogP contribution in [-0.2, 0) is 11.3 Å². The molecule has 4 nitrogen and oxygen atoms in total. The lowest BCUT2D eigenvalue weighted by Crippen LogP contribution is -2.24. The summed E-state index contributed by atoms with van der Waals surface area (Å²) in [5, 5.41) is 12.4. The maximum atomic E-state index is 11.8. The highest BCUT2D eigenvalue weighted by molar-refractivity contribution is 9.10. The number of rotatable bonds is 5. The smallest absolute Gasteiger partial charge is 0.230 e. The summed E-state index contributed by atoms with van der Waals surface area (Å²) >= 11 is 4.65. The van der Waals surface area contributed by atoms with Gasteiger partial charge in [-0.2, -0.15) is 5.26 Å². The summed E-state index contributed by atoms with van der Waals surface area (Å²) in [6.45, 7) is 0.478. The van der Waals surface area contributed by atoms with Gasteiger partial charge in [-0.15, -0.1) is 0 Å². The molecular weight excluding hydrogens is 350 g/mol. The molecule has 0 fully saturated rings. The van der Waals surface area contributed by atoms with Gasteiger partial charge in [0.15, 0.2) is 0 Å². The third kappa shape index (κ3) is 4.88. The van der Waals surface area contributed by atoms with Crippen molar-refractivity contribution in [3.05, 3.63) is 58.2 Å². The lowest BCUT2D eigenvalue weighted by Gasteiger charge is -2.06. The lowest BCUT2D eigenvalue weighted by molar-refractivity contribution is -0.118. The molecule has 1 aromatic heterocycles. The van der Waals surface area contributed by atoms with Gasteiger partial charge in [0.25, 0.3) is 0 Å². The highest BCUT2D eigenvalue weighted by atomic mass is 79.9. The van der Waals surface area contributed by atoms with Crippen molar-refractivity contribution in [2.24, 2.45) is 0 Å². The molecule has 2 rings (SSSR count). The van der Waals surface area contributed by atoms with Gasteiger partial charge in [0.2, 0.25) is 5.91 Å². The van der Waals surface area contributed by atoms with Gasteiger partial charge in [0.05, 0.1) is 11.3 Å². The Balaban J connectivity index is 1.84. The van der Waals surface area contributed by atoms with Crippen molar-refractivity contribution in [2.45, 2.75) is 11.6 Å². The van der Waals surface area contributed by atoms with Crippen molar-refractivity contribution >= 4 is 33.6 Å². The standard InChI is InChI=1S/C15H12BrN3OS/c16-13-5-1-3-11(7-13)9-19-14(20)10-21-15-12(8-17)4-2-6-18-15/h1-7H,9-10H2,(H,19,20). The first-order valence-electron chi connectivity index (χ1n) is 6.18. The van der Waals surface area contributed by atoms with E-state index < -0.39 is 0 Å². The van der Waals surface area contributed by atoms with Crippen molar-refractivity contribution in [1.82, 2.24) is 10.3 Å². The monoisotopic (exact) mass is 361 g/mol. The van der Waals surface area contributed by atoms with Crippen LogP contribution in [0, 0.1) is 11.3 Å². The minimum Gasteiger partial charge on any atom is -0.351 e. The number of amides is 1. The number of nitriles is 1. The Morgan fingerprint density at radius 2 is 2.24 bits per heavy atom. The highest BCUT2D eigenvalue weighted by Crippen LogP contribution is 2.18. The Hall–Kier alpha value is -1.84. The van der Waals surface area contributed by atoms with E-state index in [0.717, 1.165) is 10.0 Å². The molecular formula is C15H12BrN3OS. The summed E-state index contributed by atoms with van der Waals surface area (Å²) in [7, 11) is 0. The maximum absolute atomic E-state index is 11.8. The Bertz CT molecular complexity index is 685. The second kappa shape index (κ2) is 7.81. The Morgan fingerprint density at radius 3 is 3.00 bits per heavy atom. The summed E-state index contributed by atoms with van der Waals surface area (Å²) in [4.78, 5) is 15.9. The molecule has 1 heterocycles. The third-order valence-electron chi connectivity index (χ3n) is 2.61. The van der Waals surface area contributed by atoms with E-state index in [2.05, 4.69) is 32.3 Å². The number of nitrogens with one attached hydrogen (secondary N) is 1. The van der Waals surface area contributed by atoms with Crippen molar-refractivity contribution in [3.63, 3.8) is 0 Å². The number of pyridine rings is 1. The summed E-state index contributed by atoms with van der Waals surface area (Å²) < 4.78 is 0.982. The number of nitrogens with zero attached hydrogens (tertiary/aromatic N) is 2. The zero-order chi connectivity index (χ0) is 15.1. The number of benzene rings is 1. The van der Waals surface area contributed by atoms with E-state index in [9.17, 15) is 4.79 Å². The normalized spacial score (nSPS) is 9.90. The first kappa shape index (κ1) is 15.5. The first-order chi connectivity index (χ1) is 10.2. The molecule has 0 atom stereocenters. The van der Waals surface area contributed by atoms with E-state index in [1.54, 1.807) is 18.3 Å². The van der Waals surface area contributed by atoms with E-state index >= 15 is 0 Å². The zero-order valence-electron chi connectivity index (χ0n) is 11.0. The molecule has 106 valence electrons. The van der Waals surface area contributed by atoms with E-state index in [-0.39, 0.29) is 11.7 Å². The average Bonchev–Trinajstić information content (AvgIpc) is 2.51. The molecule has 0 saturated heterocycles. The summed E-state index contributed by atoms with van der Waals surface area (Å²) in [6, 6.07) is 13.2. The predicted molar refractivity (Wildman–Crippen MR) is 85.7 cm³/mol. The SMILES string of the molecule is N#Cc1cccnc1SCC(=O)NCc1cccc(Br)c1. The van der Waals surface area contributed by atoms with Crippen LogP contribution >= 0.6 is 27.7 Å². The molecule has 0 saturated carbocycles. The largest absolute Gasteiger partial charge is 0.351 e.